The van der Waals surface area contributed by atoms with Gasteiger partial charge in [-0.1, -0.05) is 25.1 Å². The van der Waals surface area contributed by atoms with Crippen molar-refractivity contribution in [2.24, 2.45) is 0 Å². The van der Waals surface area contributed by atoms with Crippen LogP contribution in [0.4, 0.5) is 10.5 Å². The smallest absolute Gasteiger partial charge is 0.322 e. The molecule has 1 fully saturated rings. The summed E-state index contributed by atoms with van der Waals surface area (Å²) in [6.45, 7) is 8.53. The summed E-state index contributed by atoms with van der Waals surface area (Å²) in [6, 6.07) is 12.0. The fourth-order valence-electron chi connectivity index (χ4n) is 3.52. The third kappa shape index (κ3) is 5.23. The summed E-state index contributed by atoms with van der Waals surface area (Å²) >= 11 is 1.70. The predicted molar refractivity (Wildman–Crippen MR) is 112 cm³/mol. The van der Waals surface area contributed by atoms with E-state index in [-0.39, 0.29) is 12.1 Å². The molecule has 146 valence electrons. The molecule has 1 aromatic heterocycles. The van der Waals surface area contributed by atoms with Crippen molar-refractivity contribution in [1.29, 1.82) is 0 Å². The molecule has 0 saturated carbocycles. The normalized spacial score (nSPS) is 15.5. The first-order chi connectivity index (χ1) is 13.2. The first-order valence-electron chi connectivity index (χ1n) is 9.75. The first kappa shape index (κ1) is 19.7. The number of rotatable bonds is 7. The number of carbonyl (C=O) groups is 1. The van der Waals surface area contributed by atoms with Crippen LogP contribution < -0.4 is 10.1 Å². The molecule has 0 radical (unpaired) electrons. The SMILES string of the molecule is CCOc1ccccc1NC(=O)N(Cc1cccs1)C1CCN(CC)CC1. The van der Waals surface area contributed by atoms with Gasteiger partial charge in [-0.15, -0.1) is 11.3 Å². The molecule has 0 aliphatic carbocycles. The Labute approximate surface area is 165 Å². The van der Waals surface area contributed by atoms with Crippen LogP contribution in [0, 0.1) is 0 Å². The number of hydrogen-bond acceptors (Lipinski definition) is 4. The van der Waals surface area contributed by atoms with Crippen LogP contribution in [0.15, 0.2) is 41.8 Å². The molecule has 6 heteroatoms. The molecule has 5 nitrogen and oxygen atoms in total. The standard InChI is InChI=1S/C21H29N3O2S/c1-3-23-13-11-17(12-14-23)24(16-18-8-7-15-27-18)21(25)22-19-9-5-6-10-20(19)26-4-2/h5-10,15,17H,3-4,11-14,16H2,1-2H3,(H,22,25). The second-order valence-electron chi connectivity index (χ2n) is 6.73. The molecule has 2 heterocycles. The number of urea groups is 1. The van der Waals surface area contributed by atoms with Gasteiger partial charge in [-0.25, -0.2) is 4.79 Å². The highest BCUT2D eigenvalue weighted by Gasteiger charge is 2.28. The lowest BCUT2D eigenvalue weighted by atomic mass is 10.0. The first-order valence-corrected chi connectivity index (χ1v) is 10.6. The molecule has 1 aliphatic rings. The zero-order chi connectivity index (χ0) is 19.1. The molecule has 2 aromatic rings. The number of piperidine rings is 1. The topological polar surface area (TPSA) is 44.8 Å². The van der Waals surface area contributed by atoms with E-state index in [0.717, 1.165) is 38.2 Å². The van der Waals surface area contributed by atoms with Crippen molar-refractivity contribution in [3.05, 3.63) is 46.7 Å². The number of para-hydroxylation sites is 2. The molecular weight excluding hydrogens is 358 g/mol. The van der Waals surface area contributed by atoms with Crippen LogP contribution in [0.25, 0.3) is 0 Å². The van der Waals surface area contributed by atoms with Crippen molar-refractivity contribution >= 4 is 23.1 Å². The number of carbonyl (C=O) groups excluding carboxylic acids is 1. The second kappa shape index (κ2) is 9.76. The molecule has 1 aliphatic heterocycles. The van der Waals surface area contributed by atoms with Crippen molar-refractivity contribution in [3.8, 4) is 5.75 Å². The molecule has 3 rings (SSSR count). The number of hydrogen-bond donors (Lipinski definition) is 1. The molecule has 1 saturated heterocycles. The van der Waals surface area contributed by atoms with E-state index in [1.54, 1.807) is 11.3 Å². The Balaban J connectivity index is 1.74. The highest BCUT2D eigenvalue weighted by Crippen LogP contribution is 2.26. The number of amides is 2. The maximum atomic E-state index is 13.2. The molecule has 27 heavy (non-hydrogen) atoms. The number of likely N-dealkylation sites (tertiary alicyclic amines) is 1. The number of anilines is 1. The lowest BCUT2D eigenvalue weighted by Gasteiger charge is -2.38. The maximum absolute atomic E-state index is 13.2. The van der Waals surface area contributed by atoms with Crippen LogP contribution in [-0.2, 0) is 6.54 Å². The van der Waals surface area contributed by atoms with Crippen molar-refractivity contribution in [2.45, 2.75) is 39.3 Å². The largest absolute Gasteiger partial charge is 0.492 e. The molecular formula is C21H29N3O2S. The summed E-state index contributed by atoms with van der Waals surface area (Å²) in [7, 11) is 0. The van der Waals surface area contributed by atoms with Gasteiger partial charge in [0, 0.05) is 24.0 Å². The van der Waals surface area contributed by atoms with E-state index in [4.69, 9.17) is 4.74 Å². The molecule has 0 spiro atoms. The highest BCUT2D eigenvalue weighted by atomic mass is 32.1. The van der Waals surface area contributed by atoms with Crippen LogP contribution >= 0.6 is 11.3 Å². The van der Waals surface area contributed by atoms with Gasteiger partial charge in [-0.05, 0) is 49.9 Å². The Morgan fingerprint density at radius 2 is 2.00 bits per heavy atom. The van der Waals surface area contributed by atoms with Gasteiger partial charge >= 0.3 is 6.03 Å². The zero-order valence-electron chi connectivity index (χ0n) is 16.2. The lowest BCUT2D eigenvalue weighted by Crippen LogP contribution is -2.48. The molecule has 0 bridgehead atoms. The van der Waals surface area contributed by atoms with Gasteiger partial charge in [0.15, 0.2) is 0 Å². The van der Waals surface area contributed by atoms with Crippen LogP contribution in [-0.4, -0.2) is 48.1 Å². The summed E-state index contributed by atoms with van der Waals surface area (Å²) in [6.07, 6.45) is 2.03. The molecule has 1 N–H and O–H groups in total. The van der Waals surface area contributed by atoms with E-state index in [2.05, 4.69) is 28.6 Å². The molecule has 0 atom stereocenters. The van der Waals surface area contributed by atoms with Crippen LogP contribution in [0.3, 0.4) is 0 Å². The van der Waals surface area contributed by atoms with E-state index < -0.39 is 0 Å². The van der Waals surface area contributed by atoms with Crippen molar-refractivity contribution in [1.82, 2.24) is 9.80 Å². The Bertz CT molecular complexity index is 712. The fraction of sp³-hybridized carbons (Fsp3) is 0.476. The molecule has 0 unspecified atom stereocenters. The summed E-state index contributed by atoms with van der Waals surface area (Å²) in [5.74, 6) is 0.713. The minimum atomic E-state index is -0.0505. The van der Waals surface area contributed by atoms with Crippen LogP contribution in [0.1, 0.15) is 31.6 Å². The van der Waals surface area contributed by atoms with Crippen molar-refractivity contribution < 1.29 is 9.53 Å². The van der Waals surface area contributed by atoms with Gasteiger partial charge in [0.1, 0.15) is 5.75 Å². The molecule has 1 aromatic carbocycles. The van der Waals surface area contributed by atoms with Crippen molar-refractivity contribution in [2.75, 3.05) is 31.6 Å². The summed E-state index contributed by atoms with van der Waals surface area (Å²) < 4.78 is 5.66. The Hall–Kier alpha value is -2.05. The summed E-state index contributed by atoms with van der Waals surface area (Å²) in [5, 5.41) is 5.15. The minimum absolute atomic E-state index is 0.0505. The predicted octanol–water partition coefficient (Wildman–Crippen LogP) is 4.67. The fourth-order valence-corrected chi connectivity index (χ4v) is 4.23. The number of ether oxygens (including phenoxy) is 1. The van der Waals surface area contributed by atoms with E-state index in [9.17, 15) is 4.79 Å². The van der Waals surface area contributed by atoms with Crippen molar-refractivity contribution in [3.63, 3.8) is 0 Å². The average molecular weight is 388 g/mol. The van der Waals surface area contributed by atoms with Gasteiger partial charge in [0.25, 0.3) is 0 Å². The van der Waals surface area contributed by atoms with Gasteiger partial charge in [-0.2, -0.15) is 0 Å². The van der Waals surface area contributed by atoms with Gasteiger partial charge in [-0.3, -0.25) is 0 Å². The lowest BCUT2D eigenvalue weighted by molar-refractivity contribution is 0.127. The van der Waals surface area contributed by atoms with E-state index in [1.165, 1.54) is 4.88 Å². The molecule has 2 amide bonds. The Kier molecular flexibility index (Phi) is 7.12. The minimum Gasteiger partial charge on any atom is -0.492 e. The third-order valence-electron chi connectivity index (χ3n) is 5.04. The zero-order valence-corrected chi connectivity index (χ0v) is 17.0. The van der Waals surface area contributed by atoms with Gasteiger partial charge in [0.05, 0.1) is 18.8 Å². The third-order valence-corrected chi connectivity index (χ3v) is 5.90. The van der Waals surface area contributed by atoms with Gasteiger partial charge < -0.3 is 19.9 Å². The number of nitrogens with zero attached hydrogens (tertiary/aromatic N) is 2. The summed E-state index contributed by atoms with van der Waals surface area (Å²) in [4.78, 5) is 18.9. The number of thiophene rings is 1. The number of benzene rings is 1. The van der Waals surface area contributed by atoms with Gasteiger partial charge in [0.2, 0.25) is 0 Å². The Morgan fingerprint density at radius 1 is 1.22 bits per heavy atom. The second-order valence-corrected chi connectivity index (χ2v) is 7.76. The van der Waals surface area contributed by atoms with E-state index in [0.29, 0.717) is 18.9 Å². The summed E-state index contributed by atoms with van der Waals surface area (Å²) in [5.41, 5.74) is 0.728. The van der Waals surface area contributed by atoms with Crippen LogP contribution in [0.5, 0.6) is 5.75 Å². The van der Waals surface area contributed by atoms with E-state index >= 15 is 0 Å². The van der Waals surface area contributed by atoms with Crippen LogP contribution in [0.2, 0.25) is 0 Å². The maximum Gasteiger partial charge on any atom is 0.322 e. The number of nitrogens with one attached hydrogen (secondary N) is 1. The average Bonchev–Trinajstić information content (AvgIpc) is 3.21. The highest BCUT2D eigenvalue weighted by molar-refractivity contribution is 7.09. The van der Waals surface area contributed by atoms with E-state index in [1.807, 2.05) is 42.2 Å². The monoisotopic (exact) mass is 387 g/mol. The quantitative estimate of drug-likeness (QED) is 0.751. The Morgan fingerprint density at radius 3 is 2.67 bits per heavy atom.